The molecule has 0 aliphatic heterocycles. The second-order valence-electron chi connectivity index (χ2n) is 8.07. The van der Waals surface area contributed by atoms with Crippen molar-refractivity contribution in [2.45, 2.75) is 25.4 Å². The van der Waals surface area contributed by atoms with Crippen LogP contribution in [0, 0.1) is 11.7 Å². The van der Waals surface area contributed by atoms with E-state index in [1.165, 1.54) is 34.8 Å². The van der Waals surface area contributed by atoms with Gasteiger partial charge in [-0.1, -0.05) is 25.6 Å². The second-order valence-corrected chi connectivity index (χ2v) is 9.04. The Bertz CT molecular complexity index is 1510. The summed E-state index contributed by atoms with van der Waals surface area (Å²) < 4.78 is 17.0. The zero-order valence-corrected chi connectivity index (χ0v) is 19.5. The maximum atomic E-state index is 13.3. The fourth-order valence-corrected chi connectivity index (χ4v) is 4.34. The molecule has 0 fully saturated rings. The van der Waals surface area contributed by atoms with Crippen LogP contribution in [0.25, 0.3) is 16.7 Å². The van der Waals surface area contributed by atoms with Crippen LogP contribution in [-0.4, -0.2) is 40.4 Å². The summed E-state index contributed by atoms with van der Waals surface area (Å²) in [6, 6.07) is 5.79. The first-order valence-corrected chi connectivity index (χ1v) is 11.4. The van der Waals surface area contributed by atoms with E-state index in [0.29, 0.717) is 21.7 Å². The minimum absolute atomic E-state index is 0.0850. The molecule has 0 bridgehead atoms. The molecule has 0 atom stereocenters. The first-order valence-electron chi connectivity index (χ1n) is 10.4. The third-order valence-electron chi connectivity index (χ3n) is 5.15. The maximum Gasteiger partial charge on any atom is 0.332 e. The molecule has 34 heavy (non-hydrogen) atoms. The number of nitrogens with zero attached hydrogens (tertiary/aromatic N) is 6. The number of Topliss-reactive ketones (excluding diaryl/α,β-unsaturated/α-hetero) is 1. The molecule has 176 valence electrons. The summed E-state index contributed by atoms with van der Waals surface area (Å²) in [5, 5.41) is 5.39. The van der Waals surface area contributed by atoms with E-state index in [2.05, 4.69) is 15.1 Å². The van der Waals surface area contributed by atoms with Crippen LogP contribution in [0.5, 0.6) is 0 Å². The first kappa shape index (κ1) is 23.4. The lowest BCUT2D eigenvalue weighted by atomic mass is 10.2. The second kappa shape index (κ2) is 9.21. The highest BCUT2D eigenvalue weighted by Gasteiger charge is 2.23. The van der Waals surface area contributed by atoms with Crippen LogP contribution >= 0.6 is 11.8 Å². The Balaban J connectivity index is 1.65. The smallest absolute Gasteiger partial charge is 0.332 e. The normalized spacial score (nSPS) is 11.4. The van der Waals surface area contributed by atoms with Crippen molar-refractivity contribution in [1.82, 2.24) is 28.9 Å². The molecule has 0 radical (unpaired) electrons. The largest absolute Gasteiger partial charge is 0.384 e. The molecule has 1 aromatic carbocycles. The monoisotopic (exact) mass is 483 g/mol. The summed E-state index contributed by atoms with van der Waals surface area (Å²) in [7, 11) is 1.32. The highest BCUT2D eigenvalue weighted by Crippen LogP contribution is 2.26. The third kappa shape index (κ3) is 4.23. The average Bonchev–Trinajstić information content (AvgIpc) is 3.24. The molecule has 0 amide bonds. The van der Waals surface area contributed by atoms with E-state index in [0.717, 1.165) is 16.3 Å². The Morgan fingerprint density at radius 2 is 1.88 bits per heavy atom. The lowest BCUT2D eigenvalue weighted by molar-refractivity contribution is 0.102. The molecule has 0 unspecified atom stereocenters. The van der Waals surface area contributed by atoms with E-state index in [1.54, 1.807) is 18.3 Å². The predicted molar refractivity (Wildman–Crippen MR) is 127 cm³/mol. The zero-order valence-electron chi connectivity index (χ0n) is 18.7. The number of nitrogens with two attached hydrogens (primary N) is 1. The van der Waals surface area contributed by atoms with Crippen LogP contribution in [0.1, 0.15) is 24.2 Å². The van der Waals surface area contributed by atoms with Gasteiger partial charge in [0.15, 0.2) is 11.4 Å². The van der Waals surface area contributed by atoms with E-state index < -0.39 is 17.0 Å². The van der Waals surface area contributed by atoms with Crippen molar-refractivity contribution >= 4 is 34.4 Å². The van der Waals surface area contributed by atoms with E-state index >= 15 is 0 Å². The summed E-state index contributed by atoms with van der Waals surface area (Å²) in [4.78, 5) is 46.7. The van der Waals surface area contributed by atoms with Crippen molar-refractivity contribution in [3.05, 3.63) is 69.0 Å². The molecular weight excluding hydrogens is 461 g/mol. The Hall–Kier alpha value is -3.80. The van der Waals surface area contributed by atoms with Crippen LogP contribution in [0.4, 0.5) is 10.2 Å². The molecule has 2 N–H and O–H groups in total. The van der Waals surface area contributed by atoms with Crippen molar-refractivity contribution in [3.8, 4) is 5.69 Å². The fourth-order valence-electron chi connectivity index (χ4n) is 3.50. The fraction of sp³-hybridized carbons (Fsp3) is 0.273. The Morgan fingerprint density at radius 1 is 1.18 bits per heavy atom. The molecule has 0 saturated heterocycles. The quantitative estimate of drug-likeness (QED) is 0.240. The van der Waals surface area contributed by atoms with Crippen molar-refractivity contribution in [1.29, 1.82) is 0 Å². The number of nitrogen functional groups attached to an aromatic ring is 1. The van der Waals surface area contributed by atoms with E-state index in [9.17, 15) is 18.8 Å². The zero-order chi connectivity index (χ0) is 24.6. The van der Waals surface area contributed by atoms with Gasteiger partial charge in [0, 0.05) is 13.6 Å². The predicted octanol–water partition coefficient (Wildman–Crippen LogP) is 2.03. The molecule has 0 saturated carbocycles. The molecule has 3 heterocycles. The lowest BCUT2D eigenvalue weighted by Crippen LogP contribution is -2.43. The standard InChI is InChI=1S/C22H22FN7O3S/c1-12(2)9-29-18(24)17(21(32)28(3)22(29)33)16(31)10-34-20-15-8-27-30(19(15)25-11-26-20)14-6-4-13(23)5-7-14/h4-8,11-12H,9-10,24H2,1-3H3. The van der Waals surface area contributed by atoms with Crippen LogP contribution in [0.15, 0.2) is 51.4 Å². The highest BCUT2D eigenvalue weighted by atomic mass is 32.2. The molecule has 4 aromatic rings. The van der Waals surface area contributed by atoms with Gasteiger partial charge < -0.3 is 5.73 Å². The van der Waals surface area contributed by atoms with Gasteiger partial charge in [-0.3, -0.25) is 18.7 Å². The number of anilines is 1. The molecule has 4 rings (SSSR count). The van der Waals surface area contributed by atoms with Gasteiger partial charge in [0.25, 0.3) is 5.56 Å². The van der Waals surface area contributed by atoms with Crippen LogP contribution in [0.3, 0.4) is 0 Å². The number of rotatable bonds is 7. The SMILES string of the molecule is CC(C)Cn1c(N)c(C(=O)CSc2ncnc3c2cnn3-c2ccc(F)cc2)c(=O)n(C)c1=O. The maximum absolute atomic E-state index is 13.3. The lowest BCUT2D eigenvalue weighted by Gasteiger charge is -2.16. The number of thioether (sulfide) groups is 1. The topological polar surface area (TPSA) is 131 Å². The molecule has 0 aliphatic carbocycles. The highest BCUT2D eigenvalue weighted by molar-refractivity contribution is 8.00. The number of hydrogen-bond donors (Lipinski definition) is 1. The number of halogens is 1. The summed E-state index contributed by atoms with van der Waals surface area (Å²) in [5.74, 6) is -1.06. The van der Waals surface area contributed by atoms with Crippen molar-refractivity contribution in [3.63, 3.8) is 0 Å². The van der Waals surface area contributed by atoms with E-state index in [-0.39, 0.29) is 35.4 Å². The summed E-state index contributed by atoms with van der Waals surface area (Å²) >= 11 is 1.11. The first-order chi connectivity index (χ1) is 16.2. The van der Waals surface area contributed by atoms with Gasteiger partial charge in [0.2, 0.25) is 0 Å². The van der Waals surface area contributed by atoms with Crippen molar-refractivity contribution in [2.75, 3.05) is 11.5 Å². The Labute approximate surface area is 197 Å². The summed E-state index contributed by atoms with van der Waals surface area (Å²) in [5.41, 5.74) is 5.68. The molecule has 0 aliphatic rings. The number of carbonyl (C=O) groups is 1. The van der Waals surface area contributed by atoms with Gasteiger partial charge in [-0.15, -0.1) is 0 Å². The van der Waals surface area contributed by atoms with Crippen molar-refractivity contribution < 1.29 is 9.18 Å². The van der Waals surface area contributed by atoms with Gasteiger partial charge in [-0.25, -0.2) is 23.8 Å². The Morgan fingerprint density at radius 3 is 2.56 bits per heavy atom. The number of carbonyl (C=O) groups excluding carboxylic acids is 1. The van der Waals surface area contributed by atoms with Crippen LogP contribution in [-0.2, 0) is 13.6 Å². The van der Waals surface area contributed by atoms with Crippen LogP contribution < -0.4 is 17.0 Å². The third-order valence-corrected chi connectivity index (χ3v) is 6.16. The number of aromatic nitrogens is 6. The van der Waals surface area contributed by atoms with Crippen LogP contribution in [0.2, 0.25) is 0 Å². The average molecular weight is 484 g/mol. The molecule has 3 aromatic heterocycles. The molecule has 12 heteroatoms. The van der Waals surface area contributed by atoms with E-state index in [1.807, 2.05) is 13.8 Å². The van der Waals surface area contributed by atoms with Gasteiger partial charge in [-0.2, -0.15) is 5.10 Å². The summed E-state index contributed by atoms with van der Waals surface area (Å²) in [6.45, 7) is 4.09. The number of benzene rings is 1. The van der Waals surface area contributed by atoms with Gasteiger partial charge in [0.05, 0.1) is 23.0 Å². The van der Waals surface area contributed by atoms with Gasteiger partial charge in [0.1, 0.15) is 28.6 Å². The molecular formula is C22H22FN7O3S. The number of hydrogen-bond acceptors (Lipinski definition) is 8. The van der Waals surface area contributed by atoms with Gasteiger partial charge in [-0.05, 0) is 30.2 Å². The molecule has 0 spiro atoms. The minimum atomic E-state index is -0.731. The Kier molecular flexibility index (Phi) is 6.33. The van der Waals surface area contributed by atoms with E-state index in [4.69, 9.17) is 5.73 Å². The number of fused-ring (bicyclic) bond motifs is 1. The van der Waals surface area contributed by atoms with Gasteiger partial charge >= 0.3 is 5.69 Å². The number of ketones is 1. The molecule has 10 nitrogen and oxygen atoms in total. The summed E-state index contributed by atoms with van der Waals surface area (Å²) in [6.07, 6.45) is 2.90. The van der Waals surface area contributed by atoms with Crippen molar-refractivity contribution in [2.24, 2.45) is 13.0 Å². The minimum Gasteiger partial charge on any atom is -0.384 e.